The molecule has 5 heteroatoms. The zero-order chi connectivity index (χ0) is 18.2. The first-order chi connectivity index (χ1) is 12.0. The third-order valence-corrected chi connectivity index (χ3v) is 4.65. The maximum absolute atomic E-state index is 12.1. The summed E-state index contributed by atoms with van der Waals surface area (Å²) < 4.78 is 0. The lowest BCUT2D eigenvalue weighted by atomic mass is 10.0. The summed E-state index contributed by atoms with van der Waals surface area (Å²) in [7, 11) is 0. The molecule has 0 aromatic heterocycles. The van der Waals surface area contributed by atoms with Crippen LogP contribution in [-0.4, -0.2) is 42.9 Å². The summed E-state index contributed by atoms with van der Waals surface area (Å²) in [5.74, 6) is -0.466. The highest BCUT2D eigenvalue weighted by Crippen LogP contribution is 2.18. The third kappa shape index (κ3) is 6.50. The molecule has 1 atom stereocenters. The molecule has 2 N–H and O–H groups in total. The molecule has 0 saturated carbocycles. The van der Waals surface area contributed by atoms with E-state index in [0.29, 0.717) is 24.1 Å². The molecule has 25 heavy (non-hydrogen) atoms. The van der Waals surface area contributed by atoms with Crippen molar-refractivity contribution in [2.45, 2.75) is 46.0 Å². The van der Waals surface area contributed by atoms with Crippen molar-refractivity contribution < 1.29 is 9.59 Å². The minimum atomic E-state index is -0.605. The van der Waals surface area contributed by atoms with Gasteiger partial charge in [-0.05, 0) is 55.5 Å². The summed E-state index contributed by atoms with van der Waals surface area (Å²) >= 11 is 0. The average Bonchev–Trinajstić information content (AvgIpc) is 2.60. The van der Waals surface area contributed by atoms with Gasteiger partial charge >= 0.3 is 11.8 Å². The number of piperidine rings is 1. The van der Waals surface area contributed by atoms with E-state index in [4.69, 9.17) is 0 Å². The van der Waals surface area contributed by atoms with Gasteiger partial charge in [-0.1, -0.05) is 39.3 Å². The number of nitrogens with zero attached hydrogens (tertiary/aromatic N) is 1. The second kappa shape index (κ2) is 9.56. The van der Waals surface area contributed by atoms with E-state index >= 15 is 0 Å². The first-order valence-electron chi connectivity index (χ1n) is 9.37. The van der Waals surface area contributed by atoms with Gasteiger partial charge in [0.2, 0.25) is 0 Å². The molecule has 138 valence electrons. The van der Waals surface area contributed by atoms with E-state index in [2.05, 4.69) is 36.3 Å². The number of anilines is 1. The van der Waals surface area contributed by atoms with Gasteiger partial charge in [-0.25, -0.2) is 0 Å². The van der Waals surface area contributed by atoms with Crippen molar-refractivity contribution in [2.24, 2.45) is 5.92 Å². The summed E-state index contributed by atoms with van der Waals surface area (Å²) in [6, 6.07) is 7.62. The Morgan fingerprint density at radius 2 is 1.80 bits per heavy atom. The minimum absolute atomic E-state index is 0.333. The van der Waals surface area contributed by atoms with E-state index in [1.807, 2.05) is 18.2 Å². The molecule has 0 aliphatic carbocycles. The fraction of sp³-hybridized carbons (Fsp3) is 0.600. The number of hydrogen-bond donors (Lipinski definition) is 2. The highest BCUT2D eigenvalue weighted by Gasteiger charge is 2.17. The molecule has 1 heterocycles. The Bertz CT molecular complexity index is 580. The highest BCUT2D eigenvalue weighted by molar-refractivity contribution is 6.39. The van der Waals surface area contributed by atoms with E-state index in [1.165, 1.54) is 19.3 Å². The van der Waals surface area contributed by atoms with Crippen molar-refractivity contribution >= 4 is 17.5 Å². The number of carbonyl (C=O) groups is 2. The molecular weight excluding hydrogens is 314 g/mol. The first-order valence-corrected chi connectivity index (χ1v) is 9.37. The molecule has 2 rings (SSSR count). The summed E-state index contributed by atoms with van der Waals surface area (Å²) in [6.45, 7) is 10.1. The Morgan fingerprint density at radius 1 is 1.08 bits per heavy atom. The van der Waals surface area contributed by atoms with Crippen molar-refractivity contribution in [3.8, 4) is 0 Å². The van der Waals surface area contributed by atoms with Crippen molar-refractivity contribution in [3.05, 3.63) is 29.8 Å². The number of carbonyl (C=O) groups excluding carboxylic acids is 2. The number of rotatable bonds is 6. The smallest absolute Gasteiger partial charge is 0.313 e. The molecule has 0 spiro atoms. The number of hydrogen-bond acceptors (Lipinski definition) is 3. The van der Waals surface area contributed by atoms with Crippen LogP contribution >= 0.6 is 0 Å². The number of nitrogens with one attached hydrogen (secondary N) is 2. The fourth-order valence-electron chi connectivity index (χ4n) is 3.16. The van der Waals surface area contributed by atoms with Gasteiger partial charge in [0.1, 0.15) is 0 Å². The maximum atomic E-state index is 12.1. The molecule has 0 radical (unpaired) electrons. The Morgan fingerprint density at radius 3 is 2.48 bits per heavy atom. The Hall–Kier alpha value is -1.88. The molecule has 5 nitrogen and oxygen atoms in total. The molecule has 1 fully saturated rings. The van der Waals surface area contributed by atoms with Crippen molar-refractivity contribution in [1.82, 2.24) is 10.2 Å². The summed E-state index contributed by atoms with van der Waals surface area (Å²) in [5.41, 5.74) is 1.79. The molecule has 1 aliphatic heterocycles. The zero-order valence-corrected chi connectivity index (χ0v) is 15.7. The van der Waals surface area contributed by atoms with E-state index < -0.39 is 11.8 Å². The van der Waals surface area contributed by atoms with Gasteiger partial charge in [-0.3, -0.25) is 9.59 Å². The van der Waals surface area contributed by atoms with Gasteiger partial charge in [0.25, 0.3) is 0 Å². The van der Waals surface area contributed by atoms with Crippen LogP contribution in [-0.2, 0) is 9.59 Å². The molecule has 1 aromatic carbocycles. The standard InChI is InChI=1S/C20H31N3O2/c1-15(2)17-8-7-9-18(12-17)22-20(25)19(24)21-13-16(3)14-23-10-5-4-6-11-23/h7-9,12,15-16H,4-6,10-11,13-14H2,1-3H3,(H,21,24)(H,22,25). The number of benzene rings is 1. The largest absolute Gasteiger partial charge is 0.348 e. The second-order valence-electron chi connectivity index (χ2n) is 7.41. The van der Waals surface area contributed by atoms with Crippen LogP contribution in [0.5, 0.6) is 0 Å². The maximum Gasteiger partial charge on any atom is 0.313 e. The van der Waals surface area contributed by atoms with Crippen molar-refractivity contribution in [1.29, 1.82) is 0 Å². The lowest BCUT2D eigenvalue weighted by Crippen LogP contribution is -2.41. The number of amides is 2. The minimum Gasteiger partial charge on any atom is -0.348 e. The fourth-order valence-corrected chi connectivity index (χ4v) is 3.16. The van der Waals surface area contributed by atoms with Gasteiger partial charge in [0, 0.05) is 18.8 Å². The number of likely N-dealkylation sites (tertiary alicyclic amines) is 1. The molecule has 1 saturated heterocycles. The van der Waals surface area contributed by atoms with E-state index in [9.17, 15) is 9.59 Å². The summed E-state index contributed by atoms with van der Waals surface area (Å²) in [4.78, 5) is 26.5. The van der Waals surface area contributed by atoms with Crippen LogP contribution in [0.15, 0.2) is 24.3 Å². The van der Waals surface area contributed by atoms with Crippen LogP contribution in [0.2, 0.25) is 0 Å². The molecule has 1 aliphatic rings. The van der Waals surface area contributed by atoms with Crippen LogP contribution < -0.4 is 10.6 Å². The normalized spacial score (nSPS) is 16.5. The quantitative estimate of drug-likeness (QED) is 0.779. The zero-order valence-electron chi connectivity index (χ0n) is 15.7. The molecule has 0 bridgehead atoms. The molecular formula is C20H31N3O2. The monoisotopic (exact) mass is 345 g/mol. The van der Waals surface area contributed by atoms with E-state index in [0.717, 1.165) is 25.2 Å². The lowest BCUT2D eigenvalue weighted by molar-refractivity contribution is -0.136. The first kappa shape index (κ1) is 19.4. The van der Waals surface area contributed by atoms with Crippen molar-refractivity contribution in [2.75, 3.05) is 31.5 Å². The highest BCUT2D eigenvalue weighted by atomic mass is 16.2. The molecule has 2 amide bonds. The molecule has 1 aromatic rings. The van der Waals surface area contributed by atoms with Crippen LogP contribution in [0, 0.1) is 5.92 Å². The van der Waals surface area contributed by atoms with Crippen LogP contribution in [0.4, 0.5) is 5.69 Å². The lowest BCUT2D eigenvalue weighted by Gasteiger charge is -2.29. The average molecular weight is 345 g/mol. The summed E-state index contributed by atoms with van der Waals surface area (Å²) in [5, 5.41) is 5.43. The van der Waals surface area contributed by atoms with E-state index in [1.54, 1.807) is 6.07 Å². The third-order valence-electron chi connectivity index (χ3n) is 4.65. The molecule has 1 unspecified atom stereocenters. The van der Waals surface area contributed by atoms with Gasteiger partial charge < -0.3 is 15.5 Å². The van der Waals surface area contributed by atoms with Gasteiger partial charge in [-0.15, -0.1) is 0 Å². The predicted molar refractivity (Wildman–Crippen MR) is 102 cm³/mol. The Labute approximate surface area is 151 Å². The second-order valence-corrected chi connectivity index (χ2v) is 7.41. The van der Waals surface area contributed by atoms with Gasteiger partial charge in [-0.2, -0.15) is 0 Å². The van der Waals surface area contributed by atoms with Crippen LogP contribution in [0.25, 0.3) is 0 Å². The summed E-state index contributed by atoms with van der Waals surface area (Å²) in [6.07, 6.45) is 3.84. The SMILES string of the molecule is CC(CNC(=O)C(=O)Nc1cccc(C(C)C)c1)CN1CCCCC1. The topological polar surface area (TPSA) is 61.4 Å². The predicted octanol–water partition coefficient (Wildman–Crippen LogP) is 2.99. The van der Waals surface area contributed by atoms with Gasteiger partial charge in [0.05, 0.1) is 0 Å². The van der Waals surface area contributed by atoms with Crippen LogP contribution in [0.3, 0.4) is 0 Å². The van der Waals surface area contributed by atoms with Gasteiger partial charge in [0.15, 0.2) is 0 Å². The van der Waals surface area contributed by atoms with E-state index in [-0.39, 0.29) is 0 Å². The van der Waals surface area contributed by atoms with Crippen molar-refractivity contribution in [3.63, 3.8) is 0 Å². The Balaban J connectivity index is 1.76. The Kier molecular flexibility index (Phi) is 7.44. The van der Waals surface area contributed by atoms with Crippen LogP contribution in [0.1, 0.15) is 51.5 Å².